The Hall–Kier alpha value is -3.54. The van der Waals surface area contributed by atoms with Crippen LogP contribution in [0.25, 0.3) is 0 Å². The van der Waals surface area contributed by atoms with Gasteiger partial charge in [-0.2, -0.15) is 0 Å². The highest BCUT2D eigenvalue weighted by molar-refractivity contribution is 5.23. The highest BCUT2D eigenvalue weighted by Gasteiger charge is 2.11. The summed E-state index contributed by atoms with van der Waals surface area (Å²) in [5.74, 6) is 0. The fraction of sp³-hybridized carbons (Fsp3) is 0.182. The summed E-state index contributed by atoms with van der Waals surface area (Å²) in [5, 5.41) is 0. The average Bonchev–Trinajstić information content (AvgIpc) is 2.76. The van der Waals surface area contributed by atoms with Crippen LogP contribution in [-0.4, -0.2) is 29.9 Å². The summed E-state index contributed by atoms with van der Waals surface area (Å²) >= 11 is 0. The summed E-state index contributed by atoms with van der Waals surface area (Å²) in [7, 11) is 0. The Morgan fingerprint density at radius 1 is 0.536 bits per heavy atom. The predicted molar refractivity (Wildman–Crippen MR) is 106 cm³/mol. The standard InChI is InChI=1S/C22H20N6/c1-3-9-24-17(5-1)7-8-21-22(14-19-15-23-11-12-26-19)27-16-20(28-21)13-18-6-2-4-10-25-18/h1-6,9-12,15-16H,7-8,13-14H2. The van der Waals surface area contributed by atoms with Crippen molar-refractivity contribution < 1.29 is 0 Å². The first-order valence-electron chi connectivity index (χ1n) is 9.25. The molecule has 0 N–H and O–H groups in total. The molecule has 4 rings (SSSR count). The van der Waals surface area contributed by atoms with Crippen LogP contribution in [0.5, 0.6) is 0 Å². The van der Waals surface area contributed by atoms with Crippen molar-refractivity contribution in [1.29, 1.82) is 0 Å². The van der Waals surface area contributed by atoms with E-state index < -0.39 is 0 Å². The van der Waals surface area contributed by atoms with E-state index in [2.05, 4.69) is 19.9 Å². The maximum absolute atomic E-state index is 4.90. The largest absolute Gasteiger partial charge is 0.261 e. The summed E-state index contributed by atoms with van der Waals surface area (Å²) in [6.45, 7) is 0. The molecule has 0 aliphatic heterocycles. The SMILES string of the molecule is c1ccc(CCc2nc(Cc3ccccn3)cnc2Cc2cnccn2)nc1. The third-order valence-electron chi connectivity index (χ3n) is 4.38. The van der Waals surface area contributed by atoms with Crippen LogP contribution in [0.3, 0.4) is 0 Å². The Morgan fingerprint density at radius 2 is 1.32 bits per heavy atom. The van der Waals surface area contributed by atoms with Crippen molar-refractivity contribution in [3.63, 3.8) is 0 Å². The summed E-state index contributed by atoms with van der Waals surface area (Å²) in [4.78, 5) is 26.9. The fourth-order valence-electron chi connectivity index (χ4n) is 3.00. The van der Waals surface area contributed by atoms with Crippen LogP contribution in [0.2, 0.25) is 0 Å². The van der Waals surface area contributed by atoms with Gasteiger partial charge in [0.1, 0.15) is 0 Å². The molecule has 0 saturated heterocycles. The van der Waals surface area contributed by atoms with Crippen LogP contribution in [0.15, 0.2) is 73.6 Å². The Balaban J connectivity index is 1.58. The van der Waals surface area contributed by atoms with E-state index in [1.165, 1.54) is 0 Å². The quantitative estimate of drug-likeness (QED) is 0.499. The Morgan fingerprint density at radius 3 is 2.04 bits per heavy atom. The first-order valence-corrected chi connectivity index (χ1v) is 9.25. The maximum atomic E-state index is 4.90. The fourth-order valence-corrected chi connectivity index (χ4v) is 3.00. The van der Waals surface area contributed by atoms with Crippen molar-refractivity contribution in [2.75, 3.05) is 0 Å². The molecule has 0 fully saturated rings. The second-order valence-electron chi connectivity index (χ2n) is 6.45. The first-order chi connectivity index (χ1) is 13.9. The minimum atomic E-state index is 0.613. The Bertz CT molecular complexity index is 1010. The van der Waals surface area contributed by atoms with Gasteiger partial charge in [0, 0.05) is 61.4 Å². The number of aromatic nitrogens is 6. The predicted octanol–water partition coefficient (Wildman–Crippen LogP) is 3.02. The summed E-state index contributed by atoms with van der Waals surface area (Å²) in [6, 6.07) is 11.9. The lowest BCUT2D eigenvalue weighted by atomic mass is 10.1. The van der Waals surface area contributed by atoms with Gasteiger partial charge >= 0.3 is 0 Å². The third kappa shape index (κ3) is 4.79. The third-order valence-corrected chi connectivity index (χ3v) is 4.38. The van der Waals surface area contributed by atoms with Crippen molar-refractivity contribution in [3.05, 3.63) is 108 Å². The van der Waals surface area contributed by atoms with Gasteiger partial charge in [0.2, 0.25) is 0 Å². The van der Waals surface area contributed by atoms with Gasteiger partial charge in [-0.05, 0) is 37.1 Å². The topological polar surface area (TPSA) is 77.3 Å². The number of aryl methyl sites for hydroxylation is 2. The van der Waals surface area contributed by atoms with E-state index in [1.807, 2.05) is 48.8 Å². The molecule has 0 radical (unpaired) electrons. The lowest BCUT2D eigenvalue weighted by molar-refractivity contribution is 0.811. The molecule has 0 saturated carbocycles. The van der Waals surface area contributed by atoms with E-state index in [0.717, 1.165) is 47.0 Å². The van der Waals surface area contributed by atoms with Gasteiger partial charge in [0.05, 0.1) is 22.8 Å². The van der Waals surface area contributed by atoms with Crippen molar-refractivity contribution in [2.45, 2.75) is 25.7 Å². The molecule has 4 heterocycles. The van der Waals surface area contributed by atoms with Gasteiger partial charge in [-0.15, -0.1) is 0 Å². The van der Waals surface area contributed by atoms with Crippen molar-refractivity contribution in [1.82, 2.24) is 29.9 Å². The molecule has 0 amide bonds. The zero-order chi connectivity index (χ0) is 19.0. The number of rotatable bonds is 7. The van der Waals surface area contributed by atoms with E-state index >= 15 is 0 Å². The molecule has 6 heteroatoms. The molecule has 0 atom stereocenters. The minimum absolute atomic E-state index is 0.613. The van der Waals surface area contributed by atoms with E-state index in [9.17, 15) is 0 Å². The number of hydrogen-bond acceptors (Lipinski definition) is 6. The van der Waals surface area contributed by atoms with Crippen LogP contribution >= 0.6 is 0 Å². The normalized spacial score (nSPS) is 10.7. The summed E-state index contributed by atoms with van der Waals surface area (Å²) < 4.78 is 0. The molecule has 0 bridgehead atoms. The zero-order valence-corrected chi connectivity index (χ0v) is 15.4. The van der Waals surface area contributed by atoms with Crippen LogP contribution < -0.4 is 0 Å². The maximum Gasteiger partial charge on any atom is 0.0679 e. The molecule has 0 aliphatic carbocycles. The zero-order valence-electron chi connectivity index (χ0n) is 15.4. The molecule has 0 aliphatic rings. The number of hydrogen-bond donors (Lipinski definition) is 0. The average molecular weight is 368 g/mol. The van der Waals surface area contributed by atoms with Gasteiger partial charge in [0.25, 0.3) is 0 Å². The van der Waals surface area contributed by atoms with Gasteiger partial charge in [-0.1, -0.05) is 12.1 Å². The molecule has 28 heavy (non-hydrogen) atoms. The lowest BCUT2D eigenvalue weighted by Gasteiger charge is -2.10. The van der Waals surface area contributed by atoms with Crippen LogP contribution in [0.1, 0.15) is 34.2 Å². The highest BCUT2D eigenvalue weighted by atomic mass is 14.8. The van der Waals surface area contributed by atoms with Gasteiger partial charge in [-0.25, -0.2) is 0 Å². The van der Waals surface area contributed by atoms with E-state index in [1.54, 1.807) is 24.8 Å². The van der Waals surface area contributed by atoms with E-state index in [4.69, 9.17) is 9.97 Å². The molecule has 6 nitrogen and oxygen atoms in total. The summed E-state index contributed by atoms with van der Waals surface area (Å²) in [6.07, 6.45) is 13.5. The Labute approximate surface area is 163 Å². The smallest absolute Gasteiger partial charge is 0.0679 e. The van der Waals surface area contributed by atoms with Crippen LogP contribution in [0.4, 0.5) is 0 Å². The van der Waals surface area contributed by atoms with Crippen molar-refractivity contribution in [2.24, 2.45) is 0 Å². The van der Waals surface area contributed by atoms with Gasteiger partial charge in [-0.3, -0.25) is 29.9 Å². The molecule has 0 spiro atoms. The van der Waals surface area contributed by atoms with Crippen molar-refractivity contribution >= 4 is 0 Å². The van der Waals surface area contributed by atoms with Gasteiger partial charge in [0.15, 0.2) is 0 Å². The number of pyridine rings is 2. The minimum Gasteiger partial charge on any atom is -0.261 e. The van der Waals surface area contributed by atoms with E-state index in [-0.39, 0.29) is 0 Å². The first kappa shape index (κ1) is 17.9. The molecule has 4 aromatic rings. The second-order valence-corrected chi connectivity index (χ2v) is 6.45. The second kappa shape index (κ2) is 8.90. The monoisotopic (exact) mass is 368 g/mol. The molecule has 138 valence electrons. The van der Waals surface area contributed by atoms with Crippen LogP contribution in [-0.2, 0) is 25.7 Å². The molecule has 0 unspecified atom stereocenters. The summed E-state index contributed by atoms with van der Waals surface area (Å²) in [5.41, 5.74) is 5.73. The lowest BCUT2D eigenvalue weighted by Crippen LogP contribution is -2.09. The van der Waals surface area contributed by atoms with Crippen molar-refractivity contribution in [3.8, 4) is 0 Å². The molecular formula is C22H20N6. The highest BCUT2D eigenvalue weighted by Crippen LogP contribution is 2.14. The molecule has 0 aromatic carbocycles. The molecular weight excluding hydrogens is 348 g/mol. The Kier molecular flexibility index (Phi) is 5.68. The van der Waals surface area contributed by atoms with E-state index in [0.29, 0.717) is 12.8 Å². The van der Waals surface area contributed by atoms with Crippen LogP contribution in [0, 0.1) is 0 Å². The molecule has 4 aromatic heterocycles. The van der Waals surface area contributed by atoms with Gasteiger partial charge < -0.3 is 0 Å². The number of nitrogens with zero attached hydrogens (tertiary/aromatic N) is 6.